The third-order valence-corrected chi connectivity index (χ3v) is 7.45. The number of hydrogen-bond acceptors (Lipinski definition) is 2. The van der Waals surface area contributed by atoms with Crippen molar-refractivity contribution in [2.75, 3.05) is 0 Å². The van der Waals surface area contributed by atoms with Gasteiger partial charge in [-0.25, -0.2) is 4.98 Å². The van der Waals surface area contributed by atoms with Crippen molar-refractivity contribution in [1.82, 2.24) is 4.98 Å². The Morgan fingerprint density at radius 2 is 1.59 bits per heavy atom. The van der Waals surface area contributed by atoms with Gasteiger partial charge in [0.15, 0.2) is 18.0 Å². The number of aromatic nitrogens is 3. The van der Waals surface area contributed by atoms with E-state index in [2.05, 4.69) is 93.2 Å². The summed E-state index contributed by atoms with van der Waals surface area (Å²) in [5.41, 5.74) is 7.98. The Balaban J connectivity index is 1.54. The molecule has 0 fully saturated rings. The number of fused-ring (bicyclic) bond motifs is 14. The van der Waals surface area contributed by atoms with Gasteiger partial charge in [-0.1, -0.05) is 12.1 Å². The van der Waals surface area contributed by atoms with Crippen molar-refractivity contribution in [1.29, 1.82) is 0 Å². The Morgan fingerprint density at radius 3 is 2.44 bits per heavy atom. The van der Waals surface area contributed by atoms with Crippen molar-refractivity contribution in [3.05, 3.63) is 114 Å². The lowest BCUT2D eigenvalue weighted by atomic mass is 9.89. The monoisotopic (exact) mass is 442 g/mol. The van der Waals surface area contributed by atoms with Crippen LogP contribution in [0, 0.1) is 13.8 Å². The highest BCUT2D eigenvalue weighted by atomic mass is 16.3. The molecule has 1 spiro atoms. The number of pyridine rings is 3. The normalized spacial score (nSPS) is 18.9. The highest BCUT2D eigenvalue weighted by molar-refractivity contribution is 6.09. The number of rotatable bonds is 0. The Morgan fingerprint density at radius 1 is 0.824 bits per heavy atom. The lowest BCUT2D eigenvalue weighted by Crippen LogP contribution is -2.71. The van der Waals surface area contributed by atoms with E-state index in [1.54, 1.807) is 13.0 Å². The summed E-state index contributed by atoms with van der Waals surface area (Å²) < 4.78 is 35.1. The Labute approximate surface area is 200 Å². The zero-order valence-corrected chi connectivity index (χ0v) is 18.4. The van der Waals surface area contributed by atoms with E-state index in [9.17, 15) is 0 Å². The summed E-state index contributed by atoms with van der Waals surface area (Å²) in [5, 5.41) is 1.58. The van der Waals surface area contributed by atoms with E-state index in [0.29, 0.717) is 11.4 Å². The van der Waals surface area contributed by atoms with Crippen molar-refractivity contribution in [3.63, 3.8) is 0 Å². The smallest absolute Gasteiger partial charge is 0.417 e. The first-order valence-corrected chi connectivity index (χ1v) is 11.4. The molecule has 0 aliphatic carbocycles. The molecule has 1 unspecified atom stereocenters. The summed E-state index contributed by atoms with van der Waals surface area (Å²) in [4.78, 5) is 4.58. The van der Waals surface area contributed by atoms with Crippen LogP contribution in [0.5, 0.6) is 0 Å². The van der Waals surface area contributed by atoms with Crippen LogP contribution < -0.4 is 9.13 Å². The number of furan rings is 1. The molecule has 0 bridgehead atoms. The first-order valence-electron chi connectivity index (χ1n) is 12.9. The summed E-state index contributed by atoms with van der Waals surface area (Å²) in [7, 11) is 0. The molecule has 6 aromatic rings. The van der Waals surface area contributed by atoms with Gasteiger partial charge in [0.25, 0.3) is 0 Å². The van der Waals surface area contributed by atoms with Gasteiger partial charge in [-0.05, 0) is 61.8 Å². The molecule has 0 amide bonds. The Hall–Kier alpha value is -4.31. The predicted octanol–water partition coefficient (Wildman–Crippen LogP) is 5.43. The average Bonchev–Trinajstić information content (AvgIpc) is 3.51. The third kappa shape index (κ3) is 1.91. The van der Waals surface area contributed by atoms with Gasteiger partial charge in [-0.3, -0.25) is 0 Å². The molecular weight excluding hydrogens is 418 g/mol. The highest BCUT2D eigenvalue weighted by Gasteiger charge is 2.66. The molecule has 0 N–H and O–H groups in total. The van der Waals surface area contributed by atoms with Gasteiger partial charge in [-0.15, -0.1) is 9.13 Å². The minimum absolute atomic E-state index is 0.253. The number of hydrogen-bond donors (Lipinski definition) is 0. The minimum atomic E-state index is -2.24. The Kier molecular flexibility index (Phi) is 2.73. The molecule has 0 saturated carbocycles. The van der Waals surface area contributed by atoms with Gasteiger partial charge in [0, 0.05) is 44.8 Å². The first-order chi connectivity index (χ1) is 17.9. The second-order valence-electron chi connectivity index (χ2n) is 9.07. The van der Waals surface area contributed by atoms with E-state index in [-0.39, 0.29) is 5.56 Å². The molecule has 8 rings (SSSR count). The maximum absolute atomic E-state index is 7.97. The van der Waals surface area contributed by atoms with Gasteiger partial charge in [-0.2, -0.15) is 0 Å². The van der Waals surface area contributed by atoms with Crippen molar-refractivity contribution in [2.45, 2.75) is 19.4 Å². The third-order valence-electron chi connectivity index (χ3n) is 7.45. The first kappa shape index (κ1) is 15.5. The van der Waals surface area contributed by atoms with Crippen LogP contribution >= 0.6 is 0 Å². The van der Waals surface area contributed by atoms with E-state index in [1.165, 1.54) is 11.1 Å². The maximum atomic E-state index is 7.97. The summed E-state index contributed by atoms with van der Waals surface area (Å²) in [6.07, 6.45) is 4.27. The largest absolute Gasteiger partial charge is 0.437 e. The summed E-state index contributed by atoms with van der Waals surface area (Å²) in [5.74, 6) is 0. The average molecular weight is 443 g/mol. The summed E-state index contributed by atoms with van der Waals surface area (Å²) >= 11 is 0. The number of benzene rings is 2. The van der Waals surface area contributed by atoms with Gasteiger partial charge in [0.1, 0.15) is 16.7 Å². The van der Waals surface area contributed by atoms with E-state index >= 15 is 0 Å². The van der Waals surface area contributed by atoms with Crippen LogP contribution in [0.4, 0.5) is 0 Å². The van der Waals surface area contributed by atoms with Crippen LogP contribution in [0.1, 0.15) is 26.5 Å². The van der Waals surface area contributed by atoms with E-state index in [0.717, 1.165) is 38.9 Å². The topological polar surface area (TPSA) is 33.8 Å². The van der Waals surface area contributed by atoms with Crippen molar-refractivity contribution in [3.8, 4) is 22.5 Å². The van der Waals surface area contributed by atoms with Gasteiger partial charge >= 0.3 is 5.66 Å². The molecule has 160 valence electrons. The molecule has 0 saturated heterocycles. The zero-order chi connectivity index (χ0) is 25.1. The number of aryl methyl sites for hydroxylation is 2. The molecule has 2 aliphatic rings. The molecule has 4 aromatic heterocycles. The van der Waals surface area contributed by atoms with Crippen molar-refractivity contribution in [2.24, 2.45) is 0 Å². The van der Waals surface area contributed by atoms with E-state index in [4.69, 9.17) is 8.53 Å². The van der Waals surface area contributed by atoms with Crippen LogP contribution in [-0.2, 0) is 5.66 Å². The molecular formula is C30H21N3O+2. The quantitative estimate of drug-likeness (QED) is 0.294. The van der Waals surface area contributed by atoms with Crippen molar-refractivity contribution >= 4 is 22.1 Å². The molecule has 0 radical (unpaired) electrons. The molecule has 6 heterocycles. The highest BCUT2D eigenvalue weighted by Crippen LogP contribution is 2.49. The van der Waals surface area contributed by atoms with Gasteiger partial charge < -0.3 is 4.42 Å². The Bertz CT molecular complexity index is 1910. The standard InChI is InChI=1S/C30H21N3O/c1-18-17-22-20-13-14-24-27(28(20)34-29(22)31-19(18)2)26-12-6-8-16-33(26)30(24)23-10-4-3-9-21(23)25-11-5-7-15-32(25)30/h3-17H,1-2H3/q+2/i1D3. The maximum Gasteiger partial charge on any atom is 0.417 e. The van der Waals surface area contributed by atoms with Crippen molar-refractivity contribution < 1.29 is 17.7 Å². The minimum Gasteiger partial charge on any atom is -0.437 e. The van der Waals surface area contributed by atoms with E-state index in [1.807, 2.05) is 6.07 Å². The lowest BCUT2D eigenvalue weighted by molar-refractivity contribution is -0.955. The van der Waals surface area contributed by atoms with E-state index < -0.39 is 12.5 Å². The lowest BCUT2D eigenvalue weighted by Gasteiger charge is -2.16. The van der Waals surface area contributed by atoms with Crippen LogP contribution in [-0.4, -0.2) is 4.98 Å². The molecule has 2 aromatic carbocycles. The molecule has 4 heteroatoms. The molecule has 34 heavy (non-hydrogen) atoms. The predicted molar refractivity (Wildman–Crippen MR) is 130 cm³/mol. The van der Waals surface area contributed by atoms with Crippen LogP contribution in [0.2, 0.25) is 0 Å². The summed E-state index contributed by atoms with van der Waals surface area (Å²) in [6.45, 7) is -0.520. The number of nitrogens with zero attached hydrogens (tertiary/aromatic N) is 3. The SMILES string of the molecule is [2H]C([2H])([2H])c1cc2c(nc1C)oc1c3c(ccc12)C1(c2ccccc2-c2cccc[n+]21)[n+]1ccccc1-3. The van der Waals surface area contributed by atoms with Crippen LogP contribution in [0.25, 0.3) is 44.6 Å². The fourth-order valence-electron chi connectivity index (χ4n) is 6.06. The molecule has 4 nitrogen and oxygen atoms in total. The van der Waals surface area contributed by atoms with Crippen LogP contribution in [0.3, 0.4) is 0 Å². The summed E-state index contributed by atoms with van der Waals surface area (Å²) in [6, 6.07) is 27.0. The van der Waals surface area contributed by atoms with Gasteiger partial charge in [0.05, 0.1) is 5.56 Å². The fourth-order valence-corrected chi connectivity index (χ4v) is 6.06. The second kappa shape index (κ2) is 5.97. The fraction of sp³-hybridized carbons (Fsp3) is 0.100. The molecule has 2 aliphatic heterocycles. The van der Waals surface area contributed by atoms with Gasteiger partial charge in [0.2, 0.25) is 17.1 Å². The second-order valence-corrected chi connectivity index (χ2v) is 9.07. The molecule has 1 atom stereocenters. The van der Waals surface area contributed by atoms with Crippen LogP contribution in [0.15, 0.2) is 95.7 Å². The zero-order valence-electron chi connectivity index (χ0n) is 21.4.